The summed E-state index contributed by atoms with van der Waals surface area (Å²) in [6, 6.07) is 10.1. The molecule has 130 valence electrons. The van der Waals surface area contributed by atoms with Crippen LogP contribution >= 0.6 is 12.6 Å². The summed E-state index contributed by atoms with van der Waals surface area (Å²) in [7, 11) is 0. The highest BCUT2D eigenvalue weighted by molar-refractivity contribution is 7.80. The molecule has 4 nitrogen and oxygen atoms in total. The fourth-order valence-corrected chi connectivity index (χ4v) is 2.52. The van der Waals surface area contributed by atoms with Crippen LogP contribution in [0.5, 0.6) is 0 Å². The minimum atomic E-state index is -0.192. The average Bonchev–Trinajstić information content (AvgIpc) is 2.59. The van der Waals surface area contributed by atoms with Gasteiger partial charge in [0.25, 0.3) is 0 Å². The Hall–Kier alpha value is -1.04. The summed E-state index contributed by atoms with van der Waals surface area (Å²) >= 11 is 4.18. The summed E-state index contributed by atoms with van der Waals surface area (Å²) in [6.45, 7) is 5.49. The third-order valence-corrected chi connectivity index (χ3v) is 4.58. The van der Waals surface area contributed by atoms with Crippen LogP contribution in [0.4, 0.5) is 0 Å². The van der Waals surface area contributed by atoms with E-state index in [-0.39, 0.29) is 23.9 Å². The van der Waals surface area contributed by atoms with Crippen molar-refractivity contribution < 1.29 is 4.79 Å². The Morgan fingerprint density at radius 1 is 1.30 bits per heavy atom. The van der Waals surface area contributed by atoms with Crippen LogP contribution in [0.2, 0.25) is 0 Å². The van der Waals surface area contributed by atoms with Gasteiger partial charge in [-0.25, -0.2) is 0 Å². The Balaban J connectivity index is 2.37. The molecule has 1 amide bonds. The van der Waals surface area contributed by atoms with E-state index in [0.29, 0.717) is 18.8 Å². The molecule has 0 aliphatic rings. The number of thiol groups is 1. The summed E-state index contributed by atoms with van der Waals surface area (Å²) in [5.74, 6) is 0.953. The number of hydrogen-bond acceptors (Lipinski definition) is 4. The van der Waals surface area contributed by atoms with Gasteiger partial charge in [-0.15, -0.1) is 0 Å². The first-order valence-corrected chi connectivity index (χ1v) is 9.13. The van der Waals surface area contributed by atoms with Crippen molar-refractivity contribution in [1.29, 1.82) is 0 Å². The van der Waals surface area contributed by atoms with E-state index in [0.717, 1.165) is 19.3 Å². The molecule has 0 aromatic heterocycles. The van der Waals surface area contributed by atoms with Crippen molar-refractivity contribution in [3.8, 4) is 0 Å². The number of carbonyl (C=O) groups is 1. The fourth-order valence-electron chi connectivity index (χ4n) is 2.39. The molecule has 1 unspecified atom stereocenters. The maximum Gasteiger partial charge on any atom is 0.237 e. The Labute approximate surface area is 146 Å². The molecule has 0 aliphatic carbocycles. The van der Waals surface area contributed by atoms with Gasteiger partial charge < -0.3 is 16.4 Å². The molecule has 0 saturated carbocycles. The van der Waals surface area contributed by atoms with Gasteiger partial charge in [-0.1, -0.05) is 50.6 Å². The Morgan fingerprint density at radius 3 is 2.61 bits per heavy atom. The molecule has 0 fully saturated rings. The highest BCUT2D eigenvalue weighted by Crippen LogP contribution is 2.08. The zero-order valence-corrected chi connectivity index (χ0v) is 15.2. The Bertz CT molecular complexity index is 441. The van der Waals surface area contributed by atoms with E-state index in [4.69, 9.17) is 5.73 Å². The summed E-state index contributed by atoms with van der Waals surface area (Å²) < 4.78 is 0. The topological polar surface area (TPSA) is 67.1 Å². The Kier molecular flexibility index (Phi) is 9.99. The average molecular weight is 338 g/mol. The lowest BCUT2D eigenvalue weighted by molar-refractivity contribution is -0.124. The predicted molar refractivity (Wildman–Crippen MR) is 101 cm³/mol. The van der Waals surface area contributed by atoms with Gasteiger partial charge in [-0.3, -0.25) is 4.79 Å². The van der Waals surface area contributed by atoms with Gasteiger partial charge >= 0.3 is 0 Å². The van der Waals surface area contributed by atoms with Crippen molar-refractivity contribution in [3.05, 3.63) is 35.9 Å². The van der Waals surface area contributed by atoms with Crippen molar-refractivity contribution in [2.24, 2.45) is 11.7 Å². The van der Waals surface area contributed by atoms with Crippen LogP contribution in [0.1, 0.15) is 32.3 Å². The Morgan fingerprint density at radius 2 is 2.00 bits per heavy atom. The molecule has 0 saturated heterocycles. The molecule has 1 rings (SSSR count). The summed E-state index contributed by atoms with van der Waals surface area (Å²) in [5, 5.41) is 6.34. The van der Waals surface area contributed by atoms with Gasteiger partial charge in [0.2, 0.25) is 5.91 Å². The number of benzene rings is 1. The standard InChI is InChI=1S/C18H31N3OS/c1-3-14(2)17(21-12-16(19)13-23)18(22)20-11-7-10-15-8-5-4-6-9-15/h4-6,8-9,14,16-17,21,23H,3,7,10-13,19H2,1-2H3,(H,20,22)/t14?,16-,17+/m1/s1. The van der Waals surface area contributed by atoms with Crippen molar-refractivity contribution in [2.45, 2.75) is 45.2 Å². The second-order valence-electron chi connectivity index (χ2n) is 6.09. The van der Waals surface area contributed by atoms with Crippen LogP contribution in [0.3, 0.4) is 0 Å². The second kappa shape index (κ2) is 11.5. The van der Waals surface area contributed by atoms with Gasteiger partial charge in [-0.2, -0.15) is 12.6 Å². The molecule has 4 N–H and O–H groups in total. The minimum absolute atomic E-state index is 0.0317. The molecule has 1 aromatic rings. The van der Waals surface area contributed by atoms with Crippen LogP contribution in [-0.4, -0.2) is 36.8 Å². The summed E-state index contributed by atoms with van der Waals surface area (Å²) in [4.78, 5) is 12.4. The summed E-state index contributed by atoms with van der Waals surface area (Å²) in [6.07, 6.45) is 2.87. The lowest BCUT2D eigenvalue weighted by Gasteiger charge is -2.25. The van der Waals surface area contributed by atoms with Crippen LogP contribution in [0.15, 0.2) is 30.3 Å². The smallest absolute Gasteiger partial charge is 0.237 e. The van der Waals surface area contributed by atoms with Crippen LogP contribution in [-0.2, 0) is 11.2 Å². The van der Waals surface area contributed by atoms with Gasteiger partial charge in [0, 0.05) is 24.9 Å². The second-order valence-corrected chi connectivity index (χ2v) is 6.46. The van der Waals surface area contributed by atoms with Crippen LogP contribution in [0.25, 0.3) is 0 Å². The first-order valence-electron chi connectivity index (χ1n) is 8.49. The summed E-state index contributed by atoms with van der Waals surface area (Å²) in [5.41, 5.74) is 7.18. The zero-order chi connectivity index (χ0) is 17.1. The van der Waals surface area contributed by atoms with Crippen molar-refractivity contribution in [3.63, 3.8) is 0 Å². The fraction of sp³-hybridized carbons (Fsp3) is 0.611. The van der Waals surface area contributed by atoms with E-state index in [1.807, 2.05) is 18.2 Å². The molecule has 5 heteroatoms. The molecule has 23 heavy (non-hydrogen) atoms. The lowest BCUT2D eigenvalue weighted by Crippen LogP contribution is -2.51. The van der Waals surface area contributed by atoms with Gasteiger partial charge in [0.05, 0.1) is 6.04 Å². The van der Waals surface area contributed by atoms with Crippen LogP contribution < -0.4 is 16.4 Å². The maximum atomic E-state index is 12.4. The van der Waals surface area contributed by atoms with Crippen molar-refractivity contribution >= 4 is 18.5 Å². The molecule has 3 atom stereocenters. The number of hydrogen-bond donors (Lipinski definition) is 4. The lowest BCUT2D eigenvalue weighted by atomic mass is 9.98. The zero-order valence-electron chi connectivity index (χ0n) is 14.3. The van der Waals surface area contributed by atoms with E-state index >= 15 is 0 Å². The van der Waals surface area contributed by atoms with E-state index < -0.39 is 0 Å². The third-order valence-electron chi connectivity index (χ3n) is 4.11. The number of rotatable bonds is 11. The predicted octanol–water partition coefficient (Wildman–Crippen LogP) is 2.00. The molecule has 1 aromatic carbocycles. The highest BCUT2D eigenvalue weighted by atomic mass is 32.1. The van der Waals surface area contributed by atoms with Gasteiger partial charge in [0.1, 0.15) is 0 Å². The van der Waals surface area contributed by atoms with E-state index in [2.05, 4.69) is 49.2 Å². The van der Waals surface area contributed by atoms with Gasteiger partial charge in [-0.05, 0) is 24.3 Å². The van der Waals surface area contributed by atoms with Crippen molar-refractivity contribution in [1.82, 2.24) is 10.6 Å². The SMILES string of the molecule is CCC(C)[C@H](NC[C@@H](N)CS)C(=O)NCCCc1ccccc1. The van der Waals surface area contributed by atoms with Crippen molar-refractivity contribution in [2.75, 3.05) is 18.8 Å². The molecule has 0 bridgehead atoms. The largest absolute Gasteiger partial charge is 0.355 e. The van der Waals surface area contributed by atoms with E-state index in [1.54, 1.807) is 0 Å². The molecule has 0 radical (unpaired) electrons. The molecule has 0 spiro atoms. The van der Waals surface area contributed by atoms with E-state index in [1.165, 1.54) is 5.56 Å². The molecule has 0 heterocycles. The monoisotopic (exact) mass is 337 g/mol. The minimum Gasteiger partial charge on any atom is -0.355 e. The molecule has 0 aliphatic heterocycles. The normalized spacial score (nSPS) is 15.0. The number of aryl methyl sites for hydroxylation is 1. The molecular formula is C18H31N3OS. The molecular weight excluding hydrogens is 306 g/mol. The van der Waals surface area contributed by atoms with Gasteiger partial charge in [0.15, 0.2) is 0 Å². The quantitative estimate of drug-likeness (QED) is 0.369. The highest BCUT2D eigenvalue weighted by Gasteiger charge is 2.23. The number of nitrogens with two attached hydrogens (primary N) is 1. The third kappa shape index (κ3) is 7.86. The first-order chi connectivity index (χ1) is 11.1. The first kappa shape index (κ1) is 20.0. The van der Waals surface area contributed by atoms with E-state index in [9.17, 15) is 4.79 Å². The van der Waals surface area contributed by atoms with Crippen LogP contribution in [0, 0.1) is 5.92 Å². The maximum absolute atomic E-state index is 12.4. The number of carbonyl (C=O) groups excluding carboxylic acids is 1. The number of amides is 1. The number of nitrogens with one attached hydrogen (secondary N) is 2.